The van der Waals surface area contributed by atoms with Gasteiger partial charge in [-0.2, -0.15) is 16.1 Å². The molecule has 0 radical (unpaired) electrons. The summed E-state index contributed by atoms with van der Waals surface area (Å²) < 4.78 is 26.6. The molecular weight excluding hydrogens is 384 g/mol. The highest BCUT2D eigenvalue weighted by atomic mass is 32.2. The third kappa shape index (κ3) is 5.19. The van der Waals surface area contributed by atoms with E-state index in [9.17, 15) is 23.1 Å². The predicted molar refractivity (Wildman–Crippen MR) is 95.7 cm³/mol. The van der Waals surface area contributed by atoms with Gasteiger partial charge in [-0.05, 0) is 42.7 Å². The SMILES string of the molecule is CSCC[C@H](NC(=O)C1CCN(S(=O)(=O)c2cccs2)CC1)C(=O)[O-]. The van der Waals surface area contributed by atoms with Gasteiger partial charge in [-0.3, -0.25) is 4.79 Å². The summed E-state index contributed by atoms with van der Waals surface area (Å²) in [7, 11) is -3.50. The Morgan fingerprint density at radius 1 is 1.44 bits per heavy atom. The molecule has 10 heteroatoms. The molecule has 1 aliphatic heterocycles. The number of carboxylic acid groups (broad SMARTS) is 1. The number of piperidine rings is 1. The Hall–Kier alpha value is -1.10. The third-order valence-corrected chi connectivity index (χ3v) is 8.04. The van der Waals surface area contributed by atoms with Crippen molar-refractivity contribution in [1.29, 1.82) is 0 Å². The van der Waals surface area contributed by atoms with Gasteiger partial charge in [-0.1, -0.05) is 6.07 Å². The van der Waals surface area contributed by atoms with Crippen molar-refractivity contribution in [2.45, 2.75) is 29.5 Å². The first-order chi connectivity index (χ1) is 11.9. The van der Waals surface area contributed by atoms with Crippen LogP contribution in [0.3, 0.4) is 0 Å². The fraction of sp³-hybridized carbons (Fsp3) is 0.600. The molecule has 1 aromatic heterocycles. The van der Waals surface area contributed by atoms with Crippen LogP contribution in [0.2, 0.25) is 0 Å². The largest absolute Gasteiger partial charge is 0.548 e. The van der Waals surface area contributed by atoms with Crippen molar-refractivity contribution >= 4 is 45.0 Å². The Balaban J connectivity index is 1.91. The number of nitrogens with zero attached hydrogens (tertiary/aromatic N) is 1. The Kier molecular flexibility index (Phi) is 7.29. The first-order valence-electron chi connectivity index (χ1n) is 7.90. The lowest BCUT2D eigenvalue weighted by atomic mass is 9.96. The minimum atomic E-state index is -3.50. The molecule has 0 unspecified atom stereocenters. The number of carboxylic acids is 1. The maximum atomic E-state index is 12.5. The maximum Gasteiger partial charge on any atom is 0.252 e. The van der Waals surface area contributed by atoms with E-state index < -0.39 is 22.0 Å². The van der Waals surface area contributed by atoms with Crippen LogP contribution in [-0.4, -0.2) is 55.7 Å². The summed E-state index contributed by atoms with van der Waals surface area (Å²) in [5.74, 6) is -1.41. The number of aliphatic carboxylic acids is 1. The van der Waals surface area contributed by atoms with Gasteiger partial charge in [0.05, 0.1) is 12.0 Å². The number of carbonyl (C=O) groups excluding carboxylic acids is 2. The van der Waals surface area contributed by atoms with E-state index in [-0.39, 0.29) is 24.9 Å². The van der Waals surface area contributed by atoms with Gasteiger partial charge >= 0.3 is 0 Å². The molecule has 0 spiro atoms. The summed E-state index contributed by atoms with van der Waals surface area (Å²) in [6.07, 6.45) is 2.91. The summed E-state index contributed by atoms with van der Waals surface area (Å²) in [5, 5.41) is 15.3. The molecule has 25 heavy (non-hydrogen) atoms. The number of hydrogen-bond acceptors (Lipinski definition) is 7. The van der Waals surface area contributed by atoms with Gasteiger partial charge in [0.15, 0.2) is 0 Å². The van der Waals surface area contributed by atoms with Crippen LogP contribution >= 0.6 is 23.1 Å². The van der Waals surface area contributed by atoms with Crippen LogP contribution in [0, 0.1) is 5.92 Å². The van der Waals surface area contributed by atoms with Gasteiger partial charge in [0.1, 0.15) is 4.21 Å². The molecule has 2 heterocycles. The van der Waals surface area contributed by atoms with Crippen molar-refractivity contribution in [2.75, 3.05) is 25.1 Å². The zero-order chi connectivity index (χ0) is 18.4. The maximum absolute atomic E-state index is 12.5. The van der Waals surface area contributed by atoms with Crippen molar-refractivity contribution in [3.05, 3.63) is 17.5 Å². The van der Waals surface area contributed by atoms with Crippen molar-refractivity contribution < 1.29 is 23.1 Å². The second-order valence-electron chi connectivity index (χ2n) is 5.77. The van der Waals surface area contributed by atoms with Gasteiger partial charge in [-0.25, -0.2) is 8.42 Å². The van der Waals surface area contributed by atoms with E-state index in [1.54, 1.807) is 17.5 Å². The predicted octanol–water partition coefficient (Wildman–Crippen LogP) is 0.137. The number of nitrogens with one attached hydrogen (secondary N) is 1. The Labute approximate surface area is 155 Å². The van der Waals surface area contributed by atoms with Crippen molar-refractivity contribution in [1.82, 2.24) is 9.62 Å². The van der Waals surface area contributed by atoms with Crippen LogP contribution in [0.5, 0.6) is 0 Å². The highest BCUT2D eigenvalue weighted by molar-refractivity contribution is 7.98. The highest BCUT2D eigenvalue weighted by Crippen LogP contribution is 2.26. The van der Waals surface area contributed by atoms with Gasteiger partial charge in [0.2, 0.25) is 5.91 Å². The zero-order valence-electron chi connectivity index (χ0n) is 13.8. The van der Waals surface area contributed by atoms with E-state index in [1.165, 1.54) is 27.4 Å². The lowest BCUT2D eigenvalue weighted by molar-refractivity contribution is -0.308. The molecule has 1 amide bonds. The Bertz CT molecular complexity index is 682. The molecule has 1 N–H and O–H groups in total. The van der Waals surface area contributed by atoms with E-state index in [0.717, 1.165) is 0 Å². The first kappa shape index (κ1) is 20.2. The highest BCUT2D eigenvalue weighted by Gasteiger charge is 2.33. The number of amides is 1. The van der Waals surface area contributed by atoms with Crippen molar-refractivity contribution in [3.8, 4) is 0 Å². The number of carbonyl (C=O) groups is 2. The standard InChI is InChI=1S/C15H22N2O5S3/c1-23-10-6-12(15(19)20)16-14(18)11-4-7-17(8-5-11)25(21,22)13-3-2-9-24-13/h2-3,9,11-12H,4-8,10H2,1H3,(H,16,18)(H,19,20)/p-1/t12-/m0/s1. The Morgan fingerprint density at radius 2 is 2.12 bits per heavy atom. The molecule has 0 saturated carbocycles. The average Bonchev–Trinajstić information content (AvgIpc) is 3.13. The number of rotatable bonds is 8. The summed E-state index contributed by atoms with van der Waals surface area (Å²) in [4.78, 5) is 23.4. The van der Waals surface area contributed by atoms with Gasteiger partial charge < -0.3 is 15.2 Å². The molecule has 1 aromatic rings. The normalized spacial score (nSPS) is 18.0. The second kappa shape index (κ2) is 9.02. The molecule has 2 rings (SSSR count). The number of hydrogen-bond donors (Lipinski definition) is 1. The lowest BCUT2D eigenvalue weighted by Gasteiger charge is -2.31. The van der Waals surface area contributed by atoms with Crippen molar-refractivity contribution in [2.24, 2.45) is 5.92 Å². The van der Waals surface area contributed by atoms with Crippen LogP contribution in [0.15, 0.2) is 21.7 Å². The molecule has 0 bridgehead atoms. The summed E-state index contributed by atoms with van der Waals surface area (Å²) in [6.45, 7) is 0.498. The quantitative estimate of drug-likeness (QED) is 0.659. The monoisotopic (exact) mass is 405 g/mol. The Morgan fingerprint density at radius 3 is 2.64 bits per heavy atom. The van der Waals surface area contributed by atoms with Crippen LogP contribution in [-0.2, 0) is 19.6 Å². The van der Waals surface area contributed by atoms with Crippen LogP contribution in [0.4, 0.5) is 0 Å². The van der Waals surface area contributed by atoms with Crippen LogP contribution in [0.25, 0.3) is 0 Å². The molecule has 1 aliphatic rings. The van der Waals surface area contributed by atoms with E-state index in [1.807, 2.05) is 6.26 Å². The van der Waals surface area contributed by atoms with Gasteiger partial charge in [-0.15, -0.1) is 11.3 Å². The van der Waals surface area contributed by atoms with Gasteiger partial charge in [0, 0.05) is 19.0 Å². The second-order valence-corrected chi connectivity index (χ2v) is 9.87. The van der Waals surface area contributed by atoms with E-state index in [2.05, 4.69) is 5.32 Å². The fourth-order valence-corrected chi connectivity index (χ4v) is 5.76. The first-order valence-corrected chi connectivity index (χ1v) is 11.6. The molecule has 1 atom stereocenters. The minimum Gasteiger partial charge on any atom is -0.548 e. The molecule has 7 nitrogen and oxygen atoms in total. The van der Waals surface area contributed by atoms with Crippen LogP contribution in [0.1, 0.15) is 19.3 Å². The topological polar surface area (TPSA) is 107 Å². The summed E-state index contributed by atoms with van der Waals surface area (Å²) in [5.41, 5.74) is 0. The summed E-state index contributed by atoms with van der Waals surface area (Å²) in [6, 6.07) is 2.24. The number of thiophene rings is 1. The van der Waals surface area contributed by atoms with Crippen molar-refractivity contribution in [3.63, 3.8) is 0 Å². The third-order valence-electron chi connectivity index (χ3n) is 4.13. The van der Waals surface area contributed by atoms with E-state index in [4.69, 9.17) is 0 Å². The molecule has 0 aromatic carbocycles. The van der Waals surface area contributed by atoms with Crippen LogP contribution < -0.4 is 10.4 Å². The van der Waals surface area contributed by atoms with E-state index in [0.29, 0.717) is 29.2 Å². The number of thioether (sulfide) groups is 1. The zero-order valence-corrected chi connectivity index (χ0v) is 16.3. The smallest absolute Gasteiger partial charge is 0.252 e. The molecule has 0 aliphatic carbocycles. The molecule has 1 saturated heterocycles. The minimum absolute atomic E-state index is 0.249. The van der Waals surface area contributed by atoms with Gasteiger partial charge in [0.25, 0.3) is 10.0 Å². The molecule has 1 fully saturated rings. The number of sulfonamides is 1. The summed E-state index contributed by atoms with van der Waals surface area (Å²) >= 11 is 2.66. The molecule has 140 valence electrons. The van der Waals surface area contributed by atoms with E-state index >= 15 is 0 Å². The fourth-order valence-electron chi connectivity index (χ4n) is 2.67. The lowest BCUT2D eigenvalue weighted by Crippen LogP contribution is -2.51. The average molecular weight is 406 g/mol. The molecular formula is C15H21N2O5S3-.